The van der Waals surface area contributed by atoms with E-state index in [2.05, 4.69) is 15.9 Å². The molecule has 1 aromatic rings. The lowest BCUT2D eigenvalue weighted by atomic mass is 9.88. The van der Waals surface area contributed by atoms with Gasteiger partial charge in [-0.1, -0.05) is 48.0 Å². The predicted octanol–water partition coefficient (Wildman–Crippen LogP) is 3.32. The number of hydrogen-bond acceptors (Lipinski definition) is 2. The Hall–Kier alpha value is -0.870. The van der Waals surface area contributed by atoms with Gasteiger partial charge in [0.25, 0.3) is 0 Å². The molecule has 1 rings (SSSR count). The first kappa shape index (κ1) is 14.2. The van der Waals surface area contributed by atoms with Crippen molar-refractivity contribution < 1.29 is 4.74 Å². The molecule has 0 saturated carbocycles. The number of hydrogen-bond donors (Lipinski definition) is 2. The minimum atomic E-state index is -0.284. The number of benzene rings is 1. The Morgan fingerprint density at radius 2 is 2.06 bits per heavy atom. The van der Waals surface area contributed by atoms with Crippen molar-refractivity contribution >= 4 is 21.8 Å². The summed E-state index contributed by atoms with van der Waals surface area (Å²) in [5.74, 6) is 0.210. The molecule has 0 radical (unpaired) electrons. The summed E-state index contributed by atoms with van der Waals surface area (Å²) in [6.07, 6.45) is 0.757. The van der Waals surface area contributed by atoms with Crippen LogP contribution in [0.25, 0.3) is 0 Å². The monoisotopic (exact) mass is 298 g/mol. The highest BCUT2D eigenvalue weighted by atomic mass is 79.9. The normalized spacial score (nSPS) is 11.5. The molecular formula is C13H19BrN2O. The Morgan fingerprint density at radius 3 is 2.65 bits per heavy atom. The highest BCUT2D eigenvalue weighted by molar-refractivity contribution is 9.10. The van der Waals surface area contributed by atoms with Crippen molar-refractivity contribution in [2.24, 2.45) is 11.1 Å². The van der Waals surface area contributed by atoms with Gasteiger partial charge < -0.3 is 10.5 Å². The number of rotatable bonds is 6. The van der Waals surface area contributed by atoms with Crippen LogP contribution in [0, 0.1) is 10.8 Å². The Balaban J connectivity index is 2.35. The second-order valence-corrected chi connectivity index (χ2v) is 5.55. The van der Waals surface area contributed by atoms with Crippen LogP contribution in [-0.4, -0.2) is 12.4 Å². The highest BCUT2D eigenvalue weighted by Gasteiger charge is 2.20. The molecule has 0 bridgehead atoms. The molecule has 3 nitrogen and oxygen atoms in total. The highest BCUT2D eigenvalue weighted by Crippen LogP contribution is 2.21. The molecule has 0 saturated heterocycles. The summed E-state index contributed by atoms with van der Waals surface area (Å²) in [7, 11) is 0. The molecular weight excluding hydrogens is 280 g/mol. The van der Waals surface area contributed by atoms with Crippen LogP contribution in [0.15, 0.2) is 28.7 Å². The number of ether oxygens (including phenoxy) is 1. The average Bonchev–Trinajstić information content (AvgIpc) is 2.26. The molecule has 0 aliphatic carbocycles. The standard InChI is InChI=1S/C13H19BrN2O/c1-13(2,12(15)16)7-8-17-9-10-5-3-4-6-11(10)14/h3-6H,7-9H2,1-2H3,(H3,15,16). The van der Waals surface area contributed by atoms with Crippen molar-refractivity contribution in [2.75, 3.05) is 6.61 Å². The quantitative estimate of drug-likeness (QED) is 0.481. The molecule has 0 aliphatic rings. The van der Waals surface area contributed by atoms with Crippen LogP contribution in [0.4, 0.5) is 0 Å². The van der Waals surface area contributed by atoms with Crippen LogP contribution in [-0.2, 0) is 11.3 Å². The van der Waals surface area contributed by atoms with Crippen LogP contribution >= 0.6 is 15.9 Å². The first-order valence-corrected chi connectivity index (χ1v) is 6.38. The SMILES string of the molecule is CC(C)(CCOCc1ccccc1Br)C(=N)N. The third-order valence-electron chi connectivity index (χ3n) is 2.82. The van der Waals surface area contributed by atoms with Crippen molar-refractivity contribution in [1.29, 1.82) is 5.41 Å². The van der Waals surface area contributed by atoms with E-state index < -0.39 is 0 Å². The van der Waals surface area contributed by atoms with Crippen LogP contribution < -0.4 is 5.73 Å². The van der Waals surface area contributed by atoms with E-state index in [1.165, 1.54) is 0 Å². The maximum absolute atomic E-state index is 7.45. The Bertz CT molecular complexity index is 391. The van der Waals surface area contributed by atoms with E-state index in [1.54, 1.807) is 0 Å². The molecule has 0 amide bonds. The second kappa shape index (κ2) is 6.17. The maximum Gasteiger partial charge on any atom is 0.0963 e. The van der Waals surface area contributed by atoms with Crippen molar-refractivity contribution in [3.8, 4) is 0 Å². The van der Waals surface area contributed by atoms with Gasteiger partial charge in [-0.3, -0.25) is 5.41 Å². The summed E-state index contributed by atoms with van der Waals surface area (Å²) in [6.45, 7) is 5.09. The summed E-state index contributed by atoms with van der Waals surface area (Å²) in [4.78, 5) is 0. The molecule has 4 heteroatoms. The van der Waals surface area contributed by atoms with E-state index in [9.17, 15) is 0 Å². The summed E-state index contributed by atoms with van der Waals surface area (Å²) in [6, 6.07) is 7.99. The molecule has 0 spiro atoms. The predicted molar refractivity (Wildman–Crippen MR) is 74.1 cm³/mol. The summed E-state index contributed by atoms with van der Waals surface area (Å²) in [5, 5.41) is 7.45. The minimum absolute atomic E-state index is 0.210. The topological polar surface area (TPSA) is 59.1 Å². The molecule has 0 aliphatic heterocycles. The first-order chi connectivity index (χ1) is 7.93. The van der Waals surface area contributed by atoms with Gasteiger partial charge in [0, 0.05) is 16.5 Å². The van der Waals surface area contributed by atoms with Gasteiger partial charge in [-0.25, -0.2) is 0 Å². The summed E-state index contributed by atoms with van der Waals surface area (Å²) < 4.78 is 6.67. The number of amidine groups is 1. The van der Waals surface area contributed by atoms with Gasteiger partial charge in [0.1, 0.15) is 0 Å². The lowest BCUT2D eigenvalue weighted by Crippen LogP contribution is -2.31. The maximum atomic E-state index is 7.45. The summed E-state index contributed by atoms with van der Waals surface area (Å²) in [5.41, 5.74) is 6.36. The molecule has 0 fully saturated rings. The average molecular weight is 299 g/mol. The molecule has 0 atom stereocenters. The fourth-order valence-electron chi connectivity index (χ4n) is 1.26. The number of halogens is 1. The zero-order valence-electron chi connectivity index (χ0n) is 10.3. The van der Waals surface area contributed by atoms with Gasteiger partial charge >= 0.3 is 0 Å². The van der Waals surface area contributed by atoms with E-state index in [0.29, 0.717) is 13.2 Å². The van der Waals surface area contributed by atoms with Gasteiger partial charge in [0.2, 0.25) is 0 Å². The van der Waals surface area contributed by atoms with Crippen LogP contribution in [0.2, 0.25) is 0 Å². The van der Waals surface area contributed by atoms with Gasteiger partial charge in [0.15, 0.2) is 0 Å². The lowest BCUT2D eigenvalue weighted by molar-refractivity contribution is 0.103. The van der Waals surface area contributed by atoms with Crippen molar-refractivity contribution in [3.63, 3.8) is 0 Å². The lowest BCUT2D eigenvalue weighted by Gasteiger charge is -2.22. The molecule has 94 valence electrons. The smallest absolute Gasteiger partial charge is 0.0963 e. The molecule has 17 heavy (non-hydrogen) atoms. The molecule has 0 aromatic heterocycles. The van der Waals surface area contributed by atoms with Crippen molar-refractivity contribution in [3.05, 3.63) is 34.3 Å². The van der Waals surface area contributed by atoms with E-state index >= 15 is 0 Å². The van der Waals surface area contributed by atoms with Gasteiger partial charge in [-0.05, 0) is 18.1 Å². The van der Waals surface area contributed by atoms with E-state index in [0.717, 1.165) is 16.5 Å². The van der Waals surface area contributed by atoms with Gasteiger partial charge in [-0.2, -0.15) is 0 Å². The van der Waals surface area contributed by atoms with E-state index in [-0.39, 0.29) is 11.3 Å². The third kappa shape index (κ3) is 4.48. The fourth-order valence-corrected chi connectivity index (χ4v) is 1.66. The molecule has 0 heterocycles. The van der Waals surface area contributed by atoms with Crippen molar-refractivity contribution in [2.45, 2.75) is 26.9 Å². The van der Waals surface area contributed by atoms with E-state index in [4.69, 9.17) is 15.9 Å². The van der Waals surface area contributed by atoms with E-state index in [1.807, 2.05) is 38.1 Å². The minimum Gasteiger partial charge on any atom is -0.387 e. The Kier molecular flexibility index (Phi) is 5.15. The largest absolute Gasteiger partial charge is 0.387 e. The van der Waals surface area contributed by atoms with Crippen molar-refractivity contribution in [1.82, 2.24) is 0 Å². The number of nitrogens with two attached hydrogens (primary N) is 1. The third-order valence-corrected chi connectivity index (χ3v) is 3.59. The summed E-state index contributed by atoms with van der Waals surface area (Å²) >= 11 is 3.48. The molecule has 0 unspecified atom stereocenters. The van der Waals surface area contributed by atoms with Crippen LogP contribution in [0.1, 0.15) is 25.8 Å². The molecule has 3 N–H and O–H groups in total. The zero-order valence-corrected chi connectivity index (χ0v) is 11.9. The second-order valence-electron chi connectivity index (χ2n) is 4.69. The van der Waals surface area contributed by atoms with Crippen LogP contribution in [0.3, 0.4) is 0 Å². The first-order valence-electron chi connectivity index (χ1n) is 5.59. The Morgan fingerprint density at radius 1 is 1.41 bits per heavy atom. The fraction of sp³-hybridized carbons (Fsp3) is 0.462. The zero-order chi connectivity index (χ0) is 12.9. The molecule has 1 aromatic carbocycles. The van der Waals surface area contributed by atoms with Crippen LogP contribution in [0.5, 0.6) is 0 Å². The van der Waals surface area contributed by atoms with Gasteiger partial charge in [0.05, 0.1) is 12.4 Å². The number of nitrogens with one attached hydrogen (secondary N) is 1. The van der Waals surface area contributed by atoms with Gasteiger partial charge in [-0.15, -0.1) is 0 Å². The Labute approximate surface area is 111 Å².